The zero-order chi connectivity index (χ0) is 12.1. The normalized spacial score (nSPS) is 10.9. The van der Waals surface area contributed by atoms with Crippen LogP contribution in [0.4, 0.5) is 5.69 Å². The SMILES string of the molecule is CN(C)CCN(C)c1ccc(CCl)cc1Br. The van der Waals surface area contributed by atoms with Crippen LogP contribution in [-0.4, -0.2) is 39.1 Å². The van der Waals surface area contributed by atoms with Gasteiger partial charge in [-0.1, -0.05) is 6.07 Å². The highest BCUT2D eigenvalue weighted by Crippen LogP contribution is 2.26. The maximum Gasteiger partial charge on any atom is 0.0508 e. The maximum atomic E-state index is 5.79. The first-order valence-electron chi connectivity index (χ1n) is 5.25. The number of rotatable bonds is 5. The van der Waals surface area contributed by atoms with Crippen LogP contribution in [0.3, 0.4) is 0 Å². The van der Waals surface area contributed by atoms with Crippen molar-refractivity contribution in [3.05, 3.63) is 28.2 Å². The van der Waals surface area contributed by atoms with Gasteiger partial charge in [0.2, 0.25) is 0 Å². The molecule has 1 aromatic rings. The molecular formula is C12H18BrClN2. The lowest BCUT2D eigenvalue weighted by molar-refractivity contribution is 0.416. The molecule has 0 saturated heterocycles. The van der Waals surface area contributed by atoms with Crippen LogP contribution in [0.2, 0.25) is 0 Å². The molecular weight excluding hydrogens is 288 g/mol. The van der Waals surface area contributed by atoms with Gasteiger partial charge in [0, 0.05) is 30.5 Å². The topological polar surface area (TPSA) is 6.48 Å². The summed E-state index contributed by atoms with van der Waals surface area (Å²) in [6, 6.07) is 6.26. The minimum Gasteiger partial charge on any atom is -0.372 e. The third kappa shape index (κ3) is 3.96. The van der Waals surface area contributed by atoms with E-state index in [-0.39, 0.29) is 0 Å². The monoisotopic (exact) mass is 304 g/mol. The third-order valence-electron chi connectivity index (χ3n) is 2.46. The van der Waals surface area contributed by atoms with Crippen LogP contribution in [-0.2, 0) is 5.88 Å². The van der Waals surface area contributed by atoms with E-state index in [0.717, 1.165) is 23.1 Å². The Morgan fingerprint density at radius 2 is 1.88 bits per heavy atom. The summed E-state index contributed by atoms with van der Waals surface area (Å²) >= 11 is 9.37. The van der Waals surface area contributed by atoms with Gasteiger partial charge in [0.1, 0.15) is 0 Å². The molecule has 0 amide bonds. The van der Waals surface area contributed by atoms with E-state index in [4.69, 9.17) is 11.6 Å². The molecule has 16 heavy (non-hydrogen) atoms. The van der Waals surface area contributed by atoms with Gasteiger partial charge in [0.15, 0.2) is 0 Å². The number of alkyl halides is 1. The molecule has 0 N–H and O–H groups in total. The number of benzene rings is 1. The summed E-state index contributed by atoms with van der Waals surface area (Å²) in [6.07, 6.45) is 0. The van der Waals surface area contributed by atoms with E-state index in [1.807, 2.05) is 0 Å². The molecule has 0 aliphatic rings. The van der Waals surface area contributed by atoms with Crippen LogP contribution in [0.5, 0.6) is 0 Å². The van der Waals surface area contributed by atoms with E-state index >= 15 is 0 Å². The lowest BCUT2D eigenvalue weighted by atomic mass is 10.2. The fourth-order valence-corrected chi connectivity index (χ4v) is 2.31. The molecule has 90 valence electrons. The molecule has 0 unspecified atom stereocenters. The minimum atomic E-state index is 0.556. The second-order valence-corrected chi connectivity index (χ2v) is 5.27. The van der Waals surface area contributed by atoms with Crippen molar-refractivity contribution in [2.45, 2.75) is 5.88 Å². The summed E-state index contributed by atoms with van der Waals surface area (Å²) < 4.78 is 1.10. The molecule has 0 aliphatic carbocycles. The van der Waals surface area contributed by atoms with Crippen LogP contribution in [0.15, 0.2) is 22.7 Å². The van der Waals surface area contributed by atoms with Gasteiger partial charge in [0.25, 0.3) is 0 Å². The van der Waals surface area contributed by atoms with Crippen molar-refractivity contribution < 1.29 is 0 Å². The Balaban J connectivity index is 2.71. The molecule has 0 saturated carbocycles. The van der Waals surface area contributed by atoms with Crippen molar-refractivity contribution in [3.8, 4) is 0 Å². The molecule has 0 spiro atoms. The first-order chi connectivity index (χ1) is 7.54. The Bertz CT molecular complexity index is 342. The molecule has 0 radical (unpaired) electrons. The third-order valence-corrected chi connectivity index (χ3v) is 3.40. The fraction of sp³-hybridized carbons (Fsp3) is 0.500. The van der Waals surface area contributed by atoms with E-state index in [1.54, 1.807) is 0 Å². The molecule has 0 bridgehead atoms. The fourth-order valence-electron chi connectivity index (χ4n) is 1.41. The highest BCUT2D eigenvalue weighted by molar-refractivity contribution is 9.10. The Morgan fingerprint density at radius 3 is 2.38 bits per heavy atom. The predicted octanol–water partition coefficient (Wildman–Crippen LogP) is 3.19. The molecule has 0 aromatic heterocycles. The highest BCUT2D eigenvalue weighted by atomic mass is 79.9. The average molecular weight is 306 g/mol. The summed E-state index contributed by atoms with van der Waals surface area (Å²) in [6.45, 7) is 2.05. The second-order valence-electron chi connectivity index (χ2n) is 4.14. The van der Waals surface area contributed by atoms with Crippen LogP contribution in [0.25, 0.3) is 0 Å². The van der Waals surface area contributed by atoms with Gasteiger partial charge < -0.3 is 9.80 Å². The van der Waals surface area contributed by atoms with Crippen LogP contribution in [0, 0.1) is 0 Å². The first-order valence-corrected chi connectivity index (χ1v) is 6.57. The zero-order valence-electron chi connectivity index (χ0n) is 10.0. The molecule has 0 heterocycles. The van der Waals surface area contributed by atoms with E-state index in [0.29, 0.717) is 5.88 Å². The lowest BCUT2D eigenvalue weighted by Crippen LogP contribution is -2.28. The Hall–Kier alpha value is -0.250. The van der Waals surface area contributed by atoms with Crippen LogP contribution >= 0.6 is 27.5 Å². The van der Waals surface area contributed by atoms with Gasteiger partial charge in [-0.3, -0.25) is 0 Å². The van der Waals surface area contributed by atoms with Gasteiger partial charge >= 0.3 is 0 Å². The minimum absolute atomic E-state index is 0.556. The molecule has 0 atom stereocenters. The van der Waals surface area contributed by atoms with E-state index in [9.17, 15) is 0 Å². The summed E-state index contributed by atoms with van der Waals surface area (Å²) in [5, 5.41) is 0. The second kappa shape index (κ2) is 6.48. The standard InChI is InChI=1S/C12H18BrClN2/c1-15(2)6-7-16(3)12-5-4-10(9-14)8-11(12)13/h4-5,8H,6-7,9H2,1-3H3. The highest BCUT2D eigenvalue weighted by Gasteiger charge is 2.06. The number of nitrogens with zero attached hydrogens (tertiary/aromatic N) is 2. The lowest BCUT2D eigenvalue weighted by Gasteiger charge is -2.23. The smallest absolute Gasteiger partial charge is 0.0508 e. The van der Waals surface area contributed by atoms with Crippen molar-refractivity contribution in [2.24, 2.45) is 0 Å². The molecule has 0 aliphatic heterocycles. The number of halogens is 2. The summed E-state index contributed by atoms with van der Waals surface area (Å²) in [7, 11) is 6.27. The van der Waals surface area contributed by atoms with E-state index in [1.165, 1.54) is 5.69 Å². The van der Waals surface area contributed by atoms with E-state index in [2.05, 4.69) is 65.1 Å². The van der Waals surface area contributed by atoms with Crippen molar-refractivity contribution in [1.82, 2.24) is 4.90 Å². The van der Waals surface area contributed by atoms with Crippen LogP contribution in [0.1, 0.15) is 5.56 Å². The van der Waals surface area contributed by atoms with Crippen molar-refractivity contribution >= 4 is 33.2 Å². The Labute approximate surface area is 111 Å². The summed E-state index contributed by atoms with van der Waals surface area (Å²) in [5.41, 5.74) is 2.34. The van der Waals surface area contributed by atoms with Gasteiger partial charge in [-0.2, -0.15) is 0 Å². The predicted molar refractivity (Wildman–Crippen MR) is 75.5 cm³/mol. The molecule has 1 rings (SSSR count). The molecule has 4 heteroatoms. The number of anilines is 1. The van der Waals surface area contributed by atoms with Gasteiger partial charge in [-0.05, 0) is 47.7 Å². The van der Waals surface area contributed by atoms with Crippen molar-refractivity contribution in [2.75, 3.05) is 39.1 Å². The average Bonchev–Trinajstić information content (AvgIpc) is 2.25. The maximum absolute atomic E-state index is 5.79. The van der Waals surface area contributed by atoms with Crippen LogP contribution < -0.4 is 4.90 Å². The van der Waals surface area contributed by atoms with Crippen molar-refractivity contribution in [3.63, 3.8) is 0 Å². The largest absolute Gasteiger partial charge is 0.372 e. The zero-order valence-corrected chi connectivity index (χ0v) is 12.3. The summed E-state index contributed by atoms with van der Waals surface area (Å²) in [5.74, 6) is 0.556. The molecule has 1 aromatic carbocycles. The molecule has 2 nitrogen and oxygen atoms in total. The van der Waals surface area contributed by atoms with Crippen molar-refractivity contribution in [1.29, 1.82) is 0 Å². The first kappa shape index (κ1) is 13.8. The van der Waals surface area contributed by atoms with E-state index < -0.39 is 0 Å². The van der Waals surface area contributed by atoms with Gasteiger partial charge in [-0.15, -0.1) is 11.6 Å². The number of hydrogen-bond acceptors (Lipinski definition) is 2. The summed E-state index contributed by atoms with van der Waals surface area (Å²) in [4.78, 5) is 4.42. The molecule has 0 fully saturated rings. The number of likely N-dealkylation sites (N-methyl/N-ethyl adjacent to an activating group) is 2. The Morgan fingerprint density at radius 1 is 1.19 bits per heavy atom. The van der Waals surface area contributed by atoms with Gasteiger partial charge in [-0.25, -0.2) is 0 Å². The quantitative estimate of drug-likeness (QED) is 0.771. The number of hydrogen-bond donors (Lipinski definition) is 0. The Kier molecular flexibility index (Phi) is 5.59. The van der Waals surface area contributed by atoms with Gasteiger partial charge in [0.05, 0.1) is 5.69 Å².